The van der Waals surface area contributed by atoms with E-state index in [1.807, 2.05) is 6.08 Å². The molecule has 0 radical (unpaired) electrons. The third-order valence-electron chi connectivity index (χ3n) is 1.82. The predicted octanol–water partition coefficient (Wildman–Crippen LogP) is 3.29. The topological polar surface area (TPSA) is 26.3 Å². The van der Waals surface area contributed by atoms with E-state index in [1.54, 1.807) is 0 Å². The highest BCUT2D eigenvalue weighted by Crippen LogP contribution is 2.05. The quantitative estimate of drug-likeness (QED) is 0.297. The minimum atomic E-state index is -0.392. The van der Waals surface area contributed by atoms with Crippen LogP contribution in [0.3, 0.4) is 0 Å². The summed E-state index contributed by atoms with van der Waals surface area (Å²) < 4.78 is 4.16. The number of carbonyl (C=O) groups is 1. The van der Waals surface area contributed by atoms with Crippen LogP contribution in [0.1, 0.15) is 45.4 Å². The molecule has 3 heteroatoms. The summed E-state index contributed by atoms with van der Waals surface area (Å²) >= 11 is 3.39. The molecule has 0 aromatic carbocycles. The van der Waals surface area contributed by atoms with Crippen LogP contribution in [0.2, 0.25) is 0 Å². The van der Waals surface area contributed by atoms with Crippen LogP contribution in [0.4, 0.5) is 0 Å². The first-order valence-electron chi connectivity index (χ1n) is 4.83. The number of unbranched alkanes of at least 4 members (excludes halogenated alkanes) is 5. The fourth-order valence-corrected chi connectivity index (χ4v) is 1.14. The second kappa shape index (κ2) is 9.65. The molecule has 0 rings (SSSR count). The van der Waals surface area contributed by atoms with Crippen LogP contribution in [0.5, 0.6) is 0 Å². The van der Waals surface area contributed by atoms with Crippen molar-refractivity contribution in [3.8, 4) is 0 Å². The second-order valence-electron chi connectivity index (χ2n) is 3.02. The van der Waals surface area contributed by atoms with Crippen LogP contribution in [0.25, 0.3) is 0 Å². The molecule has 0 amide bonds. The molecule has 0 aliphatic rings. The summed E-state index contributed by atoms with van der Waals surface area (Å²) in [6.45, 7) is 2.20. The zero-order valence-corrected chi connectivity index (χ0v) is 9.06. The molecule has 0 fully saturated rings. The second-order valence-corrected chi connectivity index (χ2v) is 3.20. The molecule has 2 nitrogen and oxygen atoms in total. The Morgan fingerprint density at radius 1 is 1.31 bits per heavy atom. The van der Waals surface area contributed by atoms with Crippen molar-refractivity contribution in [2.75, 3.05) is 0 Å². The highest BCUT2D eigenvalue weighted by atomic mass is 32.1. The van der Waals surface area contributed by atoms with E-state index < -0.39 is 5.97 Å². The van der Waals surface area contributed by atoms with E-state index in [-0.39, 0.29) is 0 Å². The summed E-state index contributed by atoms with van der Waals surface area (Å²) in [6.07, 6.45) is 10.5. The van der Waals surface area contributed by atoms with Gasteiger partial charge in [-0.3, -0.25) is 0 Å². The smallest absolute Gasteiger partial charge is 0.342 e. The average Bonchev–Trinajstić information content (AvgIpc) is 2.16. The first kappa shape index (κ1) is 12.6. The molecular formula is C10H18O2S. The fraction of sp³-hybridized carbons (Fsp3) is 0.700. The molecule has 0 atom stereocenters. The van der Waals surface area contributed by atoms with E-state index in [9.17, 15) is 4.79 Å². The lowest BCUT2D eigenvalue weighted by atomic mass is 10.1. The monoisotopic (exact) mass is 202 g/mol. The molecule has 0 aromatic heterocycles. The van der Waals surface area contributed by atoms with E-state index in [2.05, 4.69) is 24.0 Å². The minimum absolute atomic E-state index is 0.392. The van der Waals surface area contributed by atoms with Gasteiger partial charge in [-0.25, -0.2) is 4.79 Å². The lowest BCUT2D eigenvalue weighted by molar-refractivity contribution is -0.127. The van der Waals surface area contributed by atoms with Gasteiger partial charge in [0.15, 0.2) is 0 Å². The molecule has 0 spiro atoms. The van der Waals surface area contributed by atoms with Crippen molar-refractivity contribution in [2.24, 2.45) is 0 Å². The molecule has 0 aromatic rings. The van der Waals surface area contributed by atoms with Gasteiger partial charge in [-0.1, -0.05) is 38.7 Å². The fourth-order valence-electron chi connectivity index (χ4n) is 1.08. The zero-order valence-electron chi connectivity index (χ0n) is 8.16. The highest BCUT2D eigenvalue weighted by Gasteiger charge is 1.90. The third kappa shape index (κ3) is 9.47. The van der Waals surface area contributed by atoms with Crippen molar-refractivity contribution < 1.29 is 8.98 Å². The van der Waals surface area contributed by atoms with Crippen molar-refractivity contribution in [3.63, 3.8) is 0 Å². The number of hydrogen-bond acceptors (Lipinski definition) is 3. The Kier molecular flexibility index (Phi) is 9.32. The maximum atomic E-state index is 10.6. The molecule has 0 aliphatic carbocycles. The summed E-state index contributed by atoms with van der Waals surface area (Å²) in [4.78, 5) is 10.6. The Labute approximate surface area is 86.0 Å². The molecule has 0 saturated carbocycles. The van der Waals surface area contributed by atoms with Gasteiger partial charge in [-0.2, -0.15) is 0 Å². The number of carbonyl (C=O) groups excluding carboxylic acids is 1. The molecule has 76 valence electrons. The summed E-state index contributed by atoms with van der Waals surface area (Å²) in [7, 11) is 0. The number of hydrogen-bond donors (Lipinski definition) is 1. The zero-order chi connectivity index (χ0) is 9.94. The lowest BCUT2D eigenvalue weighted by Gasteiger charge is -1.95. The average molecular weight is 202 g/mol. The van der Waals surface area contributed by atoms with Crippen molar-refractivity contribution in [2.45, 2.75) is 45.4 Å². The molecule has 0 saturated heterocycles. The first-order chi connectivity index (χ1) is 6.31. The van der Waals surface area contributed by atoms with Gasteiger partial charge in [0.1, 0.15) is 0 Å². The van der Waals surface area contributed by atoms with Gasteiger partial charge in [0.2, 0.25) is 0 Å². The van der Waals surface area contributed by atoms with Gasteiger partial charge in [0.25, 0.3) is 0 Å². The van der Waals surface area contributed by atoms with E-state index in [4.69, 9.17) is 0 Å². The van der Waals surface area contributed by atoms with Crippen molar-refractivity contribution >= 4 is 18.9 Å². The number of allylic oxidation sites excluding steroid dienone is 1. The predicted molar refractivity (Wildman–Crippen MR) is 57.6 cm³/mol. The highest BCUT2D eigenvalue weighted by molar-refractivity contribution is 7.75. The maximum Gasteiger partial charge on any atom is 0.342 e. The Hall–Kier alpha value is -0.440. The molecule has 0 unspecified atom stereocenters. The van der Waals surface area contributed by atoms with Crippen LogP contribution < -0.4 is 0 Å². The molecular weight excluding hydrogens is 184 g/mol. The normalized spacial score (nSPS) is 10.6. The van der Waals surface area contributed by atoms with Gasteiger partial charge >= 0.3 is 5.97 Å². The summed E-state index contributed by atoms with van der Waals surface area (Å²) in [5.74, 6) is -0.392. The van der Waals surface area contributed by atoms with E-state index in [0.29, 0.717) is 0 Å². The number of rotatable bonds is 7. The Bertz CT molecular complexity index is 155. The van der Waals surface area contributed by atoms with Gasteiger partial charge in [-0.15, -0.1) is 0 Å². The van der Waals surface area contributed by atoms with Crippen molar-refractivity contribution in [1.82, 2.24) is 0 Å². The summed E-state index contributed by atoms with van der Waals surface area (Å²) in [6, 6.07) is 0. The van der Waals surface area contributed by atoms with Crippen LogP contribution in [0, 0.1) is 0 Å². The van der Waals surface area contributed by atoms with E-state index in [0.717, 1.165) is 12.8 Å². The molecule has 0 aliphatic heterocycles. The summed E-state index contributed by atoms with van der Waals surface area (Å²) in [5, 5.41) is 0. The van der Waals surface area contributed by atoms with Gasteiger partial charge in [-0.05, 0) is 12.8 Å². The lowest BCUT2D eigenvalue weighted by Crippen LogP contribution is -1.88. The standard InChI is InChI=1S/C10H18O2S/c1-2-3-4-5-6-7-8-9-10(11)12-13/h8-9,13H,2-7H2,1H3. The first-order valence-corrected chi connectivity index (χ1v) is 5.19. The molecule has 0 N–H and O–H groups in total. The number of thiol groups is 1. The van der Waals surface area contributed by atoms with Crippen LogP contribution in [0.15, 0.2) is 12.2 Å². The van der Waals surface area contributed by atoms with Crippen LogP contribution >= 0.6 is 12.9 Å². The Morgan fingerprint density at radius 3 is 2.62 bits per heavy atom. The molecule has 13 heavy (non-hydrogen) atoms. The van der Waals surface area contributed by atoms with Gasteiger partial charge in [0, 0.05) is 19.0 Å². The SMILES string of the molecule is CCCCCCCC=CC(=O)OS. The van der Waals surface area contributed by atoms with E-state index >= 15 is 0 Å². The van der Waals surface area contributed by atoms with Crippen LogP contribution in [-0.4, -0.2) is 5.97 Å². The largest absolute Gasteiger partial charge is 0.391 e. The summed E-state index contributed by atoms with van der Waals surface area (Å²) in [5.41, 5.74) is 0. The minimum Gasteiger partial charge on any atom is -0.391 e. The maximum absolute atomic E-state index is 10.6. The third-order valence-corrected chi connectivity index (χ3v) is 2.00. The molecule has 0 heterocycles. The van der Waals surface area contributed by atoms with Crippen molar-refractivity contribution in [1.29, 1.82) is 0 Å². The van der Waals surface area contributed by atoms with Crippen molar-refractivity contribution in [3.05, 3.63) is 12.2 Å². The molecule has 0 bridgehead atoms. The van der Waals surface area contributed by atoms with Gasteiger partial charge < -0.3 is 4.18 Å². The van der Waals surface area contributed by atoms with Gasteiger partial charge in [0.05, 0.1) is 0 Å². The van der Waals surface area contributed by atoms with Crippen LogP contribution in [-0.2, 0) is 8.98 Å². The van der Waals surface area contributed by atoms with E-state index in [1.165, 1.54) is 31.8 Å². The Morgan fingerprint density at radius 2 is 2.00 bits per heavy atom. The Balaban J connectivity index is 3.15.